The van der Waals surface area contributed by atoms with Gasteiger partial charge in [-0.2, -0.15) is 0 Å². The largest absolute Gasteiger partial charge is 0.494 e. The van der Waals surface area contributed by atoms with Crippen LogP contribution in [0.15, 0.2) is 35.7 Å². The van der Waals surface area contributed by atoms with Gasteiger partial charge in [0.2, 0.25) is 0 Å². The van der Waals surface area contributed by atoms with E-state index in [1.807, 2.05) is 17.4 Å². The molecule has 0 rings (SSSR count). The van der Waals surface area contributed by atoms with Crippen molar-refractivity contribution in [3.05, 3.63) is 35.7 Å². The summed E-state index contributed by atoms with van der Waals surface area (Å²) in [7, 11) is 1.64. The van der Waals surface area contributed by atoms with Gasteiger partial charge in [-0.15, -0.1) is 11.8 Å². The van der Waals surface area contributed by atoms with E-state index in [1.54, 1.807) is 24.9 Å². The first kappa shape index (κ1) is 19.1. The van der Waals surface area contributed by atoms with Crippen LogP contribution in [0, 0.1) is 0 Å². The molecule has 0 amide bonds. The van der Waals surface area contributed by atoms with Crippen molar-refractivity contribution < 1.29 is 4.74 Å². The normalized spacial score (nSPS) is 12.0. The van der Waals surface area contributed by atoms with Gasteiger partial charge < -0.3 is 10.1 Å². The number of methoxy groups -OCH3 is 1. The molecule has 0 bridgehead atoms. The minimum Gasteiger partial charge on any atom is -0.494 e. The average Bonchev–Trinajstić information content (AvgIpc) is 2.46. The van der Waals surface area contributed by atoms with Crippen LogP contribution in [-0.2, 0) is 4.74 Å². The Labute approximate surface area is 133 Å². The molecule has 20 heavy (non-hydrogen) atoms. The Bertz CT molecular complexity index is 365. The second-order valence-corrected chi connectivity index (χ2v) is 5.21. The van der Waals surface area contributed by atoms with Gasteiger partial charge in [0.1, 0.15) is 10.8 Å². The molecule has 0 radical (unpaired) electrons. The van der Waals surface area contributed by atoms with E-state index in [0.717, 1.165) is 36.6 Å². The topological polar surface area (TPSA) is 24.5 Å². The third-order valence-electron chi connectivity index (χ3n) is 2.54. The predicted molar refractivity (Wildman–Crippen MR) is 94.5 cm³/mol. The molecular formula is C15H26N2OS2. The Morgan fingerprint density at radius 1 is 1.45 bits per heavy atom. The second kappa shape index (κ2) is 11.9. The highest BCUT2D eigenvalue weighted by Gasteiger charge is 2.15. The number of ether oxygens (including phenoxy) is 1. The minimum absolute atomic E-state index is 0.684. The van der Waals surface area contributed by atoms with Crippen molar-refractivity contribution in [3.8, 4) is 0 Å². The van der Waals surface area contributed by atoms with Crippen LogP contribution in [0.2, 0.25) is 0 Å². The Morgan fingerprint density at radius 2 is 2.15 bits per heavy atom. The fraction of sp³-hybridized carbons (Fsp3) is 0.533. The fourth-order valence-electron chi connectivity index (χ4n) is 1.47. The minimum atomic E-state index is 0.684. The monoisotopic (exact) mass is 314 g/mol. The van der Waals surface area contributed by atoms with E-state index in [9.17, 15) is 0 Å². The Kier molecular flexibility index (Phi) is 11.3. The molecule has 0 aromatic heterocycles. The van der Waals surface area contributed by atoms with Crippen LogP contribution in [0.25, 0.3) is 0 Å². The van der Waals surface area contributed by atoms with Crippen LogP contribution in [0.1, 0.15) is 33.1 Å². The highest BCUT2D eigenvalue weighted by molar-refractivity contribution is 8.02. The molecule has 0 aliphatic heterocycles. The quantitative estimate of drug-likeness (QED) is 0.297. The van der Waals surface area contributed by atoms with Crippen LogP contribution in [-0.4, -0.2) is 29.9 Å². The summed E-state index contributed by atoms with van der Waals surface area (Å²) in [5.41, 5.74) is 0. The molecule has 114 valence electrons. The molecule has 0 fully saturated rings. The van der Waals surface area contributed by atoms with E-state index in [1.165, 1.54) is 0 Å². The van der Waals surface area contributed by atoms with E-state index in [4.69, 9.17) is 17.0 Å². The van der Waals surface area contributed by atoms with Crippen LogP contribution < -0.4 is 5.32 Å². The number of hydrogen-bond acceptors (Lipinski definition) is 3. The lowest BCUT2D eigenvalue weighted by atomic mass is 10.3. The van der Waals surface area contributed by atoms with Gasteiger partial charge in [0.05, 0.1) is 7.11 Å². The number of thiocarbonyl (C=S) groups is 1. The molecule has 5 heteroatoms. The first-order valence-corrected chi connectivity index (χ1v) is 8.47. The number of nitrogens with zero attached hydrogens (tertiary/aromatic N) is 1. The van der Waals surface area contributed by atoms with Crippen molar-refractivity contribution in [2.24, 2.45) is 0 Å². The molecule has 0 heterocycles. The maximum Gasteiger partial charge on any atom is 0.178 e. The van der Waals surface area contributed by atoms with Crippen molar-refractivity contribution in [2.45, 2.75) is 33.1 Å². The Balaban J connectivity index is 5.20. The summed E-state index contributed by atoms with van der Waals surface area (Å²) < 4.78 is 5.37. The van der Waals surface area contributed by atoms with E-state index in [2.05, 4.69) is 31.8 Å². The molecule has 0 aromatic carbocycles. The molecule has 0 aromatic rings. The third kappa shape index (κ3) is 6.48. The van der Waals surface area contributed by atoms with Gasteiger partial charge >= 0.3 is 0 Å². The Hall–Kier alpha value is -0.940. The second-order valence-electron chi connectivity index (χ2n) is 4.03. The summed E-state index contributed by atoms with van der Waals surface area (Å²) in [4.78, 5) is 1.94. The summed E-state index contributed by atoms with van der Waals surface area (Å²) >= 11 is 7.07. The lowest BCUT2D eigenvalue weighted by Crippen LogP contribution is -2.36. The molecule has 1 N–H and O–H groups in total. The van der Waals surface area contributed by atoms with Crippen LogP contribution >= 0.6 is 24.0 Å². The van der Waals surface area contributed by atoms with Gasteiger partial charge in [0.15, 0.2) is 5.11 Å². The highest BCUT2D eigenvalue weighted by Crippen LogP contribution is 2.24. The third-order valence-corrected chi connectivity index (χ3v) is 3.67. The zero-order valence-electron chi connectivity index (χ0n) is 12.9. The van der Waals surface area contributed by atoms with Gasteiger partial charge in [-0.05, 0) is 37.4 Å². The van der Waals surface area contributed by atoms with Crippen LogP contribution in [0.5, 0.6) is 0 Å². The molecule has 3 nitrogen and oxygen atoms in total. The SMILES string of the molecule is C=CC(OC)=C(SC)N(C=CCC)C(=S)NCCCC. The smallest absolute Gasteiger partial charge is 0.178 e. The number of allylic oxidation sites excluding steroid dienone is 2. The van der Waals surface area contributed by atoms with Gasteiger partial charge in [0.25, 0.3) is 0 Å². The van der Waals surface area contributed by atoms with Crippen LogP contribution in [0.4, 0.5) is 0 Å². The summed E-state index contributed by atoms with van der Waals surface area (Å²) in [6, 6.07) is 0. The lowest BCUT2D eigenvalue weighted by Gasteiger charge is -2.25. The predicted octanol–water partition coefficient (Wildman–Crippen LogP) is 4.25. The maximum absolute atomic E-state index is 5.49. The highest BCUT2D eigenvalue weighted by atomic mass is 32.2. The van der Waals surface area contributed by atoms with Gasteiger partial charge in [0, 0.05) is 12.7 Å². The standard InChI is InChI=1S/C15H26N2OS2/c1-6-9-11-16-15(19)17(12-10-7-2)14(20-5)13(8-3)18-4/h8,10,12H,3,6-7,9,11H2,1-2,4-5H3,(H,16,19). The summed E-state index contributed by atoms with van der Waals surface area (Å²) in [5.74, 6) is 0.720. The van der Waals surface area contributed by atoms with Crippen molar-refractivity contribution in [2.75, 3.05) is 19.9 Å². The van der Waals surface area contributed by atoms with Crippen molar-refractivity contribution in [1.29, 1.82) is 0 Å². The zero-order valence-corrected chi connectivity index (χ0v) is 14.6. The molecule has 0 saturated heterocycles. The van der Waals surface area contributed by atoms with Gasteiger partial charge in [-0.1, -0.05) is 32.9 Å². The van der Waals surface area contributed by atoms with E-state index in [0.29, 0.717) is 5.11 Å². The van der Waals surface area contributed by atoms with Crippen molar-refractivity contribution in [1.82, 2.24) is 10.2 Å². The van der Waals surface area contributed by atoms with Crippen LogP contribution in [0.3, 0.4) is 0 Å². The number of hydrogen-bond donors (Lipinski definition) is 1. The number of thioether (sulfide) groups is 1. The molecule has 0 unspecified atom stereocenters. The first-order valence-electron chi connectivity index (χ1n) is 6.84. The van der Waals surface area contributed by atoms with E-state index >= 15 is 0 Å². The maximum atomic E-state index is 5.49. The Morgan fingerprint density at radius 3 is 2.60 bits per heavy atom. The van der Waals surface area contributed by atoms with E-state index < -0.39 is 0 Å². The number of nitrogens with one attached hydrogen (secondary N) is 1. The number of rotatable bonds is 9. The molecule has 0 saturated carbocycles. The molecule has 0 aliphatic carbocycles. The average molecular weight is 315 g/mol. The summed E-state index contributed by atoms with van der Waals surface area (Å²) in [6.07, 6.45) is 10.9. The van der Waals surface area contributed by atoms with Gasteiger partial charge in [-0.25, -0.2) is 0 Å². The number of unbranched alkanes of at least 4 members (excludes halogenated alkanes) is 1. The molecule has 0 spiro atoms. The molecule has 0 atom stereocenters. The van der Waals surface area contributed by atoms with Crippen molar-refractivity contribution in [3.63, 3.8) is 0 Å². The lowest BCUT2D eigenvalue weighted by molar-refractivity contribution is 0.299. The fourth-order valence-corrected chi connectivity index (χ4v) is 2.50. The summed E-state index contributed by atoms with van der Waals surface area (Å²) in [5, 5.41) is 4.90. The first-order chi connectivity index (χ1) is 9.65. The van der Waals surface area contributed by atoms with Gasteiger partial charge in [-0.3, -0.25) is 4.90 Å². The molecular weight excluding hydrogens is 288 g/mol. The zero-order chi connectivity index (χ0) is 15.4. The molecule has 0 aliphatic rings. The van der Waals surface area contributed by atoms with E-state index in [-0.39, 0.29) is 0 Å². The summed E-state index contributed by atoms with van der Waals surface area (Å²) in [6.45, 7) is 8.92. The van der Waals surface area contributed by atoms with Crippen molar-refractivity contribution >= 4 is 29.1 Å².